The number of rotatable bonds is 6. The van der Waals surface area contributed by atoms with E-state index in [1.165, 1.54) is 23.1 Å². The average Bonchev–Trinajstić information content (AvgIpc) is 2.96. The molecule has 1 aromatic carbocycles. The molecule has 27 heavy (non-hydrogen) atoms. The summed E-state index contributed by atoms with van der Waals surface area (Å²) in [4.78, 5) is 25.8. The van der Waals surface area contributed by atoms with Crippen molar-refractivity contribution in [1.29, 1.82) is 0 Å². The maximum absolute atomic E-state index is 12.5. The Morgan fingerprint density at radius 3 is 2.41 bits per heavy atom. The van der Waals surface area contributed by atoms with E-state index in [0.717, 1.165) is 16.8 Å². The monoisotopic (exact) mass is 419 g/mol. The zero-order chi connectivity index (χ0) is 20.2. The molecule has 12 heteroatoms. The fourth-order valence-electron chi connectivity index (χ4n) is 2.03. The number of nitrogens with zero attached hydrogens (tertiary/aromatic N) is 5. The molecule has 144 valence electrons. The Bertz CT molecular complexity index is 915. The molecule has 0 radical (unpaired) electrons. The standard InChI is InChI=1S/C15H13ClF3N5O2S/c1-3-7-22(8-4-2)13(25)24-14(26)23(20-21-24)10-5-6-12(11(16)9-10)27-15(17,18)19/h3-6,9H,1-2,7-8H2. The summed E-state index contributed by atoms with van der Waals surface area (Å²) >= 11 is 5.47. The Labute approximate surface area is 160 Å². The summed E-state index contributed by atoms with van der Waals surface area (Å²) in [6.45, 7) is 7.35. The Morgan fingerprint density at radius 2 is 1.89 bits per heavy atom. The molecule has 0 N–H and O–H groups in total. The Balaban J connectivity index is 2.35. The lowest BCUT2D eigenvalue weighted by atomic mass is 10.3. The van der Waals surface area contributed by atoms with E-state index in [1.807, 2.05) is 0 Å². The van der Waals surface area contributed by atoms with Gasteiger partial charge in [-0.15, -0.1) is 17.8 Å². The molecule has 2 rings (SSSR count). The highest BCUT2D eigenvalue weighted by Gasteiger charge is 2.30. The van der Waals surface area contributed by atoms with Gasteiger partial charge in [-0.25, -0.2) is 9.59 Å². The third-order valence-electron chi connectivity index (χ3n) is 3.12. The van der Waals surface area contributed by atoms with Crippen molar-refractivity contribution < 1.29 is 18.0 Å². The lowest BCUT2D eigenvalue weighted by Crippen LogP contribution is -2.41. The number of halogens is 4. The lowest BCUT2D eigenvalue weighted by Gasteiger charge is -2.17. The van der Waals surface area contributed by atoms with E-state index in [-0.39, 0.29) is 40.5 Å². The largest absolute Gasteiger partial charge is 0.446 e. The second-order valence-corrected chi connectivity index (χ2v) is 6.53. The Hall–Kier alpha value is -2.53. The van der Waals surface area contributed by atoms with Gasteiger partial charge in [-0.1, -0.05) is 23.8 Å². The summed E-state index contributed by atoms with van der Waals surface area (Å²) in [5.74, 6) is 0. The maximum Gasteiger partial charge on any atom is 0.446 e. The first-order valence-electron chi connectivity index (χ1n) is 7.29. The van der Waals surface area contributed by atoms with Gasteiger partial charge in [-0.2, -0.15) is 17.9 Å². The second kappa shape index (κ2) is 8.44. The molecule has 1 aromatic heterocycles. The van der Waals surface area contributed by atoms with Crippen molar-refractivity contribution in [3.63, 3.8) is 0 Å². The van der Waals surface area contributed by atoms with Crippen LogP contribution in [-0.4, -0.2) is 49.3 Å². The highest BCUT2D eigenvalue weighted by atomic mass is 35.5. The van der Waals surface area contributed by atoms with Crippen LogP contribution in [0.2, 0.25) is 5.02 Å². The number of carbonyl (C=O) groups is 1. The van der Waals surface area contributed by atoms with Crippen molar-refractivity contribution in [2.24, 2.45) is 0 Å². The van der Waals surface area contributed by atoms with Crippen molar-refractivity contribution in [2.45, 2.75) is 10.4 Å². The summed E-state index contributed by atoms with van der Waals surface area (Å²) in [5.41, 5.74) is -5.34. The fraction of sp³-hybridized carbons (Fsp3) is 0.200. The zero-order valence-corrected chi connectivity index (χ0v) is 15.3. The minimum absolute atomic E-state index is 0.0644. The molecule has 0 aliphatic rings. The van der Waals surface area contributed by atoms with Gasteiger partial charge in [0.15, 0.2) is 0 Å². The summed E-state index contributed by atoms with van der Waals surface area (Å²) < 4.78 is 38.7. The number of aromatic nitrogens is 4. The minimum atomic E-state index is -4.50. The molecule has 0 aliphatic carbocycles. The van der Waals surface area contributed by atoms with Crippen LogP contribution >= 0.6 is 23.4 Å². The third-order valence-corrected chi connectivity index (χ3v) is 4.35. The molecule has 1 heterocycles. The summed E-state index contributed by atoms with van der Waals surface area (Å²) in [6.07, 6.45) is 2.93. The first-order chi connectivity index (χ1) is 12.7. The Morgan fingerprint density at radius 1 is 1.26 bits per heavy atom. The topological polar surface area (TPSA) is 73.0 Å². The van der Waals surface area contributed by atoms with Crippen molar-refractivity contribution in [3.05, 3.63) is 59.0 Å². The summed E-state index contributed by atoms with van der Waals surface area (Å²) in [6, 6.07) is 2.70. The quantitative estimate of drug-likeness (QED) is 0.408. The van der Waals surface area contributed by atoms with Crippen molar-refractivity contribution in [3.8, 4) is 5.69 Å². The van der Waals surface area contributed by atoms with Gasteiger partial charge in [0.05, 0.1) is 10.7 Å². The van der Waals surface area contributed by atoms with Crippen molar-refractivity contribution in [1.82, 2.24) is 24.7 Å². The van der Waals surface area contributed by atoms with Gasteiger partial charge < -0.3 is 4.90 Å². The summed E-state index contributed by atoms with van der Waals surface area (Å²) in [7, 11) is 0. The number of hydrogen-bond donors (Lipinski definition) is 0. The number of carbonyl (C=O) groups excluding carboxylic acids is 1. The Kier molecular flexibility index (Phi) is 6.50. The van der Waals surface area contributed by atoms with E-state index in [2.05, 4.69) is 23.6 Å². The number of alkyl halides is 3. The highest BCUT2D eigenvalue weighted by molar-refractivity contribution is 8.00. The van der Waals surface area contributed by atoms with Crippen LogP contribution in [0.4, 0.5) is 18.0 Å². The molecule has 0 saturated heterocycles. The van der Waals surface area contributed by atoms with Crippen LogP contribution in [0.25, 0.3) is 5.69 Å². The van der Waals surface area contributed by atoms with Gasteiger partial charge in [0, 0.05) is 18.0 Å². The first-order valence-corrected chi connectivity index (χ1v) is 8.49. The molecule has 0 spiro atoms. The lowest BCUT2D eigenvalue weighted by molar-refractivity contribution is -0.0328. The molecule has 0 saturated carbocycles. The molecule has 7 nitrogen and oxygen atoms in total. The van der Waals surface area contributed by atoms with E-state index in [4.69, 9.17) is 11.6 Å². The second-order valence-electron chi connectivity index (χ2n) is 5.01. The average molecular weight is 420 g/mol. The van der Waals surface area contributed by atoms with Crippen LogP contribution in [0.5, 0.6) is 0 Å². The molecular formula is C15H13ClF3N5O2S. The van der Waals surface area contributed by atoms with Crippen molar-refractivity contribution in [2.75, 3.05) is 13.1 Å². The maximum atomic E-state index is 12.5. The van der Waals surface area contributed by atoms with Gasteiger partial charge >= 0.3 is 17.2 Å². The molecule has 0 fully saturated rings. The predicted octanol–water partition coefficient (Wildman–Crippen LogP) is 3.34. The minimum Gasteiger partial charge on any atom is -0.315 e. The van der Waals surface area contributed by atoms with Gasteiger partial charge in [-0.3, -0.25) is 0 Å². The van der Waals surface area contributed by atoms with Gasteiger partial charge in [0.2, 0.25) is 0 Å². The molecule has 2 aromatic rings. The van der Waals surface area contributed by atoms with E-state index < -0.39 is 17.2 Å². The van der Waals surface area contributed by atoms with Crippen LogP contribution in [-0.2, 0) is 0 Å². The fourth-order valence-corrected chi connectivity index (χ4v) is 2.87. The smallest absolute Gasteiger partial charge is 0.315 e. The molecule has 0 unspecified atom stereocenters. The molecule has 0 aliphatic heterocycles. The van der Waals surface area contributed by atoms with Gasteiger partial charge in [-0.05, 0) is 40.4 Å². The first kappa shape index (κ1) is 20.8. The van der Waals surface area contributed by atoms with E-state index in [9.17, 15) is 22.8 Å². The predicted molar refractivity (Wildman–Crippen MR) is 95.3 cm³/mol. The van der Waals surface area contributed by atoms with Gasteiger partial charge in [0.25, 0.3) is 0 Å². The number of thioether (sulfide) groups is 1. The van der Waals surface area contributed by atoms with Crippen LogP contribution in [0.15, 0.2) is 53.2 Å². The SMILES string of the molecule is C=CCN(CC=C)C(=O)n1nnn(-c2ccc(SC(F)(F)F)c(Cl)c2)c1=O. The van der Waals surface area contributed by atoms with E-state index in [0.29, 0.717) is 4.68 Å². The molecular weight excluding hydrogens is 407 g/mol. The summed E-state index contributed by atoms with van der Waals surface area (Å²) in [5, 5.41) is 6.88. The molecule has 0 atom stereocenters. The van der Waals surface area contributed by atoms with Crippen molar-refractivity contribution >= 4 is 29.4 Å². The molecule has 0 bridgehead atoms. The van der Waals surface area contributed by atoms with Crippen LogP contribution in [0.3, 0.4) is 0 Å². The zero-order valence-electron chi connectivity index (χ0n) is 13.7. The number of tetrazole rings is 1. The van der Waals surface area contributed by atoms with Gasteiger partial charge in [0.1, 0.15) is 0 Å². The number of amides is 1. The normalized spacial score (nSPS) is 11.3. The number of benzene rings is 1. The molecule has 1 amide bonds. The van der Waals surface area contributed by atoms with E-state index >= 15 is 0 Å². The number of hydrogen-bond acceptors (Lipinski definition) is 5. The van der Waals surface area contributed by atoms with Crippen LogP contribution in [0, 0.1) is 0 Å². The third kappa shape index (κ3) is 5.01. The van der Waals surface area contributed by atoms with Crippen LogP contribution in [0.1, 0.15) is 0 Å². The highest BCUT2D eigenvalue weighted by Crippen LogP contribution is 2.40. The van der Waals surface area contributed by atoms with E-state index in [1.54, 1.807) is 0 Å². The van der Waals surface area contributed by atoms with Crippen LogP contribution < -0.4 is 5.69 Å².